The van der Waals surface area contributed by atoms with Crippen LogP contribution in [0.2, 0.25) is 0 Å². The van der Waals surface area contributed by atoms with E-state index in [-0.39, 0.29) is 5.60 Å². The summed E-state index contributed by atoms with van der Waals surface area (Å²) in [6.07, 6.45) is 5.64. The van der Waals surface area contributed by atoms with Crippen molar-refractivity contribution in [3.8, 4) is 0 Å². The van der Waals surface area contributed by atoms with E-state index in [1.807, 2.05) is 0 Å². The first-order valence-electron chi connectivity index (χ1n) is 6.36. The van der Waals surface area contributed by atoms with Crippen molar-refractivity contribution in [1.82, 2.24) is 4.90 Å². The van der Waals surface area contributed by atoms with E-state index in [2.05, 4.69) is 25.7 Å². The summed E-state index contributed by atoms with van der Waals surface area (Å²) in [6.45, 7) is 11.2. The Morgan fingerprint density at radius 3 is 2.33 bits per heavy atom. The summed E-state index contributed by atoms with van der Waals surface area (Å²) in [6, 6.07) is 0. The van der Waals surface area contributed by atoms with Crippen LogP contribution in [0.25, 0.3) is 0 Å². The maximum absolute atomic E-state index is 5.71. The predicted molar refractivity (Wildman–Crippen MR) is 63.0 cm³/mol. The molecule has 1 aliphatic heterocycles. The van der Waals surface area contributed by atoms with Gasteiger partial charge in [-0.15, -0.1) is 0 Å². The van der Waals surface area contributed by atoms with Gasteiger partial charge in [-0.1, -0.05) is 6.42 Å². The zero-order valence-corrected chi connectivity index (χ0v) is 10.5. The Kier molecular flexibility index (Phi) is 3.09. The van der Waals surface area contributed by atoms with E-state index in [9.17, 15) is 0 Å². The Hall–Kier alpha value is -0.0800. The largest absolute Gasteiger partial charge is 0.376 e. The Labute approximate surface area is 94.0 Å². The molecule has 1 spiro atoms. The van der Waals surface area contributed by atoms with Crippen molar-refractivity contribution in [2.24, 2.45) is 5.41 Å². The molecule has 0 aromatic carbocycles. The van der Waals surface area contributed by atoms with Crippen molar-refractivity contribution in [2.75, 3.05) is 26.2 Å². The number of ether oxygens (including phenoxy) is 1. The van der Waals surface area contributed by atoms with Crippen LogP contribution in [-0.4, -0.2) is 36.7 Å². The smallest absolute Gasteiger partial charge is 0.0598 e. The SMILES string of the molecule is CC(C)(C)OCCCN1CC2(CCC2)C1. The molecule has 1 heterocycles. The first kappa shape index (κ1) is 11.4. The van der Waals surface area contributed by atoms with Crippen molar-refractivity contribution >= 4 is 0 Å². The fourth-order valence-corrected chi connectivity index (χ4v) is 2.72. The van der Waals surface area contributed by atoms with Crippen LogP contribution in [0, 0.1) is 5.41 Å². The molecule has 0 radical (unpaired) electrons. The molecule has 2 fully saturated rings. The van der Waals surface area contributed by atoms with Crippen LogP contribution in [0.3, 0.4) is 0 Å². The summed E-state index contributed by atoms with van der Waals surface area (Å²) in [5, 5.41) is 0. The van der Waals surface area contributed by atoms with E-state index in [1.165, 1.54) is 45.3 Å². The third-order valence-corrected chi connectivity index (χ3v) is 3.69. The van der Waals surface area contributed by atoms with Crippen molar-refractivity contribution in [3.63, 3.8) is 0 Å². The van der Waals surface area contributed by atoms with E-state index < -0.39 is 0 Å². The van der Waals surface area contributed by atoms with Gasteiger partial charge in [0.1, 0.15) is 0 Å². The zero-order chi connectivity index (χ0) is 10.9. The van der Waals surface area contributed by atoms with Gasteiger partial charge in [-0.25, -0.2) is 0 Å². The molecular formula is C13H25NO. The molecule has 15 heavy (non-hydrogen) atoms. The summed E-state index contributed by atoms with van der Waals surface area (Å²) in [7, 11) is 0. The number of nitrogens with zero attached hydrogens (tertiary/aromatic N) is 1. The van der Waals surface area contributed by atoms with Crippen LogP contribution in [0.1, 0.15) is 46.5 Å². The second kappa shape index (κ2) is 4.06. The van der Waals surface area contributed by atoms with Gasteiger partial charge in [0.2, 0.25) is 0 Å². The Morgan fingerprint density at radius 2 is 1.87 bits per heavy atom. The molecule has 88 valence electrons. The average Bonchev–Trinajstić information content (AvgIpc) is 1.95. The Morgan fingerprint density at radius 1 is 1.20 bits per heavy atom. The summed E-state index contributed by atoms with van der Waals surface area (Å²) in [4.78, 5) is 2.59. The minimum Gasteiger partial charge on any atom is -0.376 e. The second-order valence-corrected chi connectivity index (χ2v) is 6.38. The lowest BCUT2D eigenvalue weighted by molar-refractivity contribution is -0.0677. The Bertz CT molecular complexity index is 207. The van der Waals surface area contributed by atoms with E-state index in [4.69, 9.17) is 4.74 Å². The lowest BCUT2D eigenvalue weighted by Crippen LogP contribution is -2.59. The van der Waals surface area contributed by atoms with Crippen LogP contribution in [-0.2, 0) is 4.74 Å². The second-order valence-electron chi connectivity index (χ2n) is 6.38. The number of likely N-dealkylation sites (tertiary alicyclic amines) is 1. The molecule has 0 aromatic rings. The fourth-order valence-electron chi connectivity index (χ4n) is 2.72. The molecule has 2 rings (SSSR count). The maximum atomic E-state index is 5.71. The molecule has 1 saturated heterocycles. The highest BCUT2D eigenvalue weighted by atomic mass is 16.5. The highest BCUT2D eigenvalue weighted by Crippen LogP contribution is 2.47. The molecule has 2 aliphatic rings. The van der Waals surface area contributed by atoms with Gasteiger partial charge in [0.25, 0.3) is 0 Å². The van der Waals surface area contributed by atoms with Gasteiger partial charge in [-0.2, -0.15) is 0 Å². The normalized spacial score (nSPS) is 25.0. The molecule has 0 aromatic heterocycles. The number of hydrogen-bond donors (Lipinski definition) is 0. The number of hydrogen-bond acceptors (Lipinski definition) is 2. The van der Waals surface area contributed by atoms with Crippen molar-refractivity contribution < 1.29 is 4.74 Å². The van der Waals surface area contributed by atoms with E-state index in [0.29, 0.717) is 0 Å². The summed E-state index contributed by atoms with van der Waals surface area (Å²) in [5.41, 5.74) is 0.815. The summed E-state index contributed by atoms with van der Waals surface area (Å²) < 4.78 is 5.71. The monoisotopic (exact) mass is 211 g/mol. The van der Waals surface area contributed by atoms with Gasteiger partial charge in [0, 0.05) is 26.2 Å². The molecule has 0 amide bonds. The van der Waals surface area contributed by atoms with E-state index in [1.54, 1.807) is 0 Å². The van der Waals surface area contributed by atoms with Gasteiger partial charge in [0.05, 0.1) is 5.60 Å². The molecule has 0 atom stereocenters. The lowest BCUT2D eigenvalue weighted by Gasteiger charge is -2.56. The standard InChI is InChI=1S/C13H25NO/c1-12(2,3)15-9-5-8-14-10-13(11-14)6-4-7-13/h4-11H2,1-3H3. The van der Waals surface area contributed by atoms with Gasteiger partial charge in [0.15, 0.2) is 0 Å². The van der Waals surface area contributed by atoms with Crippen molar-refractivity contribution in [1.29, 1.82) is 0 Å². The third-order valence-electron chi connectivity index (χ3n) is 3.69. The average molecular weight is 211 g/mol. The van der Waals surface area contributed by atoms with Crippen LogP contribution in [0.5, 0.6) is 0 Å². The molecule has 0 bridgehead atoms. The van der Waals surface area contributed by atoms with Crippen LogP contribution in [0.4, 0.5) is 0 Å². The van der Waals surface area contributed by atoms with Gasteiger partial charge in [-0.3, -0.25) is 0 Å². The summed E-state index contributed by atoms with van der Waals surface area (Å²) >= 11 is 0. The molecule has 1 saturated carbocycles. The van der Waals surface area contributed by atoms with E-state index >= 15 is 0 Å². The molecule has 0 N–H and O–H groups in total. The lowest BCUT2D eigenvalue weighted by atomic mass is 9.63. The third kappa shape index (κ3) is 2.94. The first-order chi connectivity index (χ1) is 6.99. The molecule has 2 nitrogen and oxygen atoms in total. The molecular weight excluding hydrogens is 186 g/mol. The first-order valence-corrected chi connectivity index (χ1v) is 6.36. The zero-order valence-electron chi connectivity index (χ0n) is 10.5. The van der Waals surface area contributed by atoms with Gasteiger partial charge >= 0.3 is 0 Å². The quantitative estimate of drug-likeness (QED) is 0.663. The molecule has 2 heteroatoms. The van der Waals surface area contributed by atoms with Crippen LogP contribution >= 0.6 is 0 Å². The van der Waals surface area contributed by atoms with Gasteiger partial charge < -0.3 is 9.64 Å². The highest BCUT2D eigenvalue weighted by Gasteiger charge is 2.46. The molecule has 0 unspecified atom stereocenters. The van der Waals surface area contributed by atoms with E-state index in [0.717, 1.165) is 12.0 Å². The maximum Gasteiger partial charge on any atom is 0.0598 e. The van der Waals surface area contributed by atoms with Gasteiger partial charge in [-0.05, 0) is 45.4 Å². The minimum atomic E-state index is 0.0319. The van der Waals surface area contributed by atoms with Crippen LogP contribution in [0.15, 0.2) is 0 Å². The Balaban J connectivity index is 1.50. The minimum absolute atomic E-state index is 0.0319. The fraction of sp³-hybridized carbons (Fsp3) is 1.00. The number of rotatable bonds is 4. The van der Waals surface area contributed by atoms with Crippen LogP contribution < -0.4 is 0 Å². The van der Waals surface area contributed by atoms with Crippen molar-refractivity contribution in [3.05, 3.63) is 0 Å². The molecule has 1 aliphatic carbocycles. The predicted octanol–water partition coefficient (Wildman–Crippen LogP) is 2.68. The highest BCUT2D eigenvalue weighted by molar-refractivity contribution is 5.00. The van der Waals surface area contributed by atoms with Crippen molar-refractivity contribution in [2.45, 2.75) is 52.1 Å². The summed E-state index contributed by atoms with van der Waals surface area (Å²) in [5.74, 6) is 0. The topological polar surface area (TPSA) is 12.5 Å².